The van der Waals surface area contributed by atoms with E-state index in [-0.39, 0.29) is 0 Å². The lowest BCUT2D eigenvalue weighted by Crippen LogP contribution is -2.35. The molecule has 0 aliphatic rings. The van der Waals surface area contributed by atoms with Gasteiger partial charge in [-0.05, 0) is 36.3 Å². The number of benzene rings is 1. The van der Waals surface area contributed by atoms with E-state index in [1.54, 1.807) is 6.07 Å². The fraction of sp³-hybridized carbons (Fsp3) is 0.625. The predicted octanol–water partition coefficient (Wildman–Crippen LogP) is 5.36. The minimum Gasteiger partial charge on any atom is -0.390 e. The molecule has 1 aromatic carbocycles. The largest absolute Gasteiger partial charge is 0.390 e. The highest BCUT2D eigenvalue weighted by Crippen LogP contribution is 2.33. The molecule has 0 amide bonds. The third-order valence-corrected chi connectivity index (χ3v) is 3.99. The van der Waals surface area contributed by atoms with Crippen LogP contribution in [-0.2, 0) is 6.42 Å². The van der Waals surface area contributed by atoms with Gasteiger partial charge in [0.25, 0.3) is 0 Å². The molecule has 0 aliphatic heterocycles. The van der Waals surface area contributed by atoms with E-state index in [1.165, 1.54) is 0 Å². The van der Waals surface area contributed by atoms with Gasteiger partial charge in [-0.1, -0.05) is 63.0 Å². The van der Waals surface area contributed by atoms with E-state index in [2.05, 4.69) is 27.7 Å². The molecule has 0 fully saturated rings. The molecule has 0 atom stereocenters. The Kier molecular flexibility index (Phi) is 6.16. The van der Waals surface area contributed by atoms with E-state index < -0.39 is 5.60 Å². The van der Waals surface area contributed by atoms with Crippen LogP contribution in [0.2, 0.25) is 10.0 Å². The van der Waals surface area contributed by atoms with Crippen LogP contribution in [0.25, 0.3) is 0 Å². The topological polar surface area (TPSA) is 20.2 Å². The molecule has 0 aliphatic carbocycles. The standard InChI is InChI=1S/C16H24Cl2O/c1-11(2)8-16(19,9-12(3)4)10-13-6-5-7-14(17)15(13)18/h5-7,11-12,19H,8-10H2,1-4H3. The van der Waals surface area contributed by atoms with Crippen molar-refractivity contribution in [3.8, 4) is 0 Å². The molecular weight excluding hydrogens is 279 g/mol. The monoisotopic (exact) mass is 302 g/mol. The van der Waals surface area contributed by atoms with Crippen LogP contribution in [0.4, 0.5) is 0 Å². The third kappa shape index (κ3) is 5.33. The Bertz CT molecular complexity index is 403. The molecule has 3 heteroatoms. The van der Waals surface area contributed by atoms with Gasteiger partial charge in [-0.3, -0.25) is 0 Å². The molecule has 0 heterocycles. The van der Waals surface area contributed by atoms with Crippen LogP contribution in [0.15, 0.2) is 18.2 Å². The van der Waals surface area contributed by atoms with Crippen LogP contribution in [0.1, 0.15) is 46.1 Å². The van der Waals surface area contributed by atoms with Crippen molar-refractivity contribution in [1.29, 1.82) is 0 Å². The number of halogens is 2. The van der Waals surface area contributed by atoms with Gasteiger partial charge < -0.3 is 5.11 Å². The number of hydrogen-bond donors (Lipinski definition) is 1. The van der Waals surface area contributed by atoms with Crippen molar-refractivity contribution >= 4 is 23.2 Å². The summed E-state index contributed by atoms with van der Waals surface area (Å²) >= 11 is 12.3. The zero-order chi connectivity index (χ0) is 14.6. The Balaban J connectivity index is 2.96. The average Bonchev–Trinajstić information content (AvgIpc) is 2.22. The number of hydrogen-bond acceptors (Lipinski definition) is 1. The highest BCUT2D eigenvalue weighted by Gasteiger charge is 2.30. The van der Waals surface area contributed by atoms with E-state index in [1.807, 2.05) is 12.1 Å². The molecule has 1 N–H and O–H groups in total. The first-order valence-corrected chi connectivity index (χ1v) is 7.64. The van der Waals surface area contributed by atoms with Crippen molar-refractivity contribution in [3.63, 3.8) is 0 Å². The summed E-state index contributed by atoms with van der Waals surface area (Å²) in [6.45, 7) is 8.52. The first-order valence-electron chi connectivity index (χ1n) is 6.89. The van der Waals surface area contributed by atoms with Crippen molar-refractivity contribution in [2.24, 2.45) is 11.8 Å². The third-order valence-electron chi connectivity index (χ3n) is 3.13. The Hall–Kier alpha value is -0.240. The first-order chi connectivity index (χ1) is 8.73. The second-order valence-electron chi connectivity index (χ2n) is 6.31. The quantitative estimate of drug-likeness (QED) is 0.750. The van der Waals surface area contributed by atoms with Crippen molar-refractivity contribution < 1.29 is 5.11 Å². The molecular formula is C16H24Cl2O. The SMILES string of the molecule is CC(C)CC(O)(Cc1cccc(Cl)c1Cl)CC(C)C. The predicted molar refractivity (Wildman–Crippen MR) is 84.0 cm³/mol. The van der Waals surface area contributed by atoms with Crippen LogP contribution >= 0.6 is 23.2 Å². The zero-order valence-corrected chi connectivity index (χ0v) is 13.7. The smallest absolute Gasteiger partial charge is 0.0693 e. The Labute approximate surface area is 126 Å². The number of aliphatic hydroxyl groups is 1. The summed E-state index contributed by atoms with van der Waals surface area (Å²) in [6.07, 6.45) is 2.10. The van der Waals surface area contributed by atoms with Gasteiger partial charge >= 0.3 is 0 Å². The average molecular weight is 303 g/mol. The molecule has 0 spiro atoms. The molecule has 1 rings (SSSR count). The van der Waals surface area contributed by atoms with Crippen LogP contribution in [0.3, 0.4) is 0 Å². The van der Waals surface area contributed by atoms with Gasteiger partial charge in [-0.15, -0.1) is 0 Å². The number of rotatable bonds is 6. The van der Waals surface area contributed by atoms with Gasteiger partial charge in [0.05, 0.1) is 15.6 Å². The second-order valence-corrected chi connectivity index (χ2v) is 7.10. The highest BCUT2D eigenvalue weighted by atomic mass is 35.5. The Morgan fingerprint density at radius 3 is 2.05 bits per heavy atom. The van der Waals surface area contributed by atoms with Gasteiger partial charge in [0.15, 0.2) is 0 Å². The van der Waals surface area contributed by atoms with Gasteiger partial charge in [0, 0.05) is 6.42 Å². The van der Waals surface area contributed by atoms with Crippen LogP contribution < -0.4 is 0 Å². The van der Waals surface area contributed by atoms with Crippen LogP contribution in [-0.4, -0.2) is 10.7 Å². The van der Waals surface area contributed by atoms with Gasteiger partial charge in [-0.2, -0.15) is 0 Å². The highest BCUT2D eigenvalue weighted by molar-refractivity contribution is 6.42. The minimum absolute atomic E-state index is 0.446. The molecule has 108 valence electrons. The summed E-state index contributed by atoms with van der Waals surface area (Å²) in [4.78, 5) is 0. The van der Waals surface area contributed by atoms with Crippen molar-refractivity contribution in [2.75, 3.05) is 0 Å². The molecule has 0 unspecified atom stereocenters. The van der Waals surface area contributed by atoms with Gasteiger partial charge in [0.1, 0.15) is 0 Å². The molecule has 0 bridgehead atoms. The maximum Gasteiger partial charge on any atom is 0.0693 e. The first kappa shape index (κ1) is 16.8. The molecule has 19 heavy (non-hydrogen) atoms. The van der Waals surface area contributed by atoms with Crippen LogP contribution in [0.5, 0.6) is 0 Å². The maximum absolute atomic E-state index is 10.9. The summed E-state index contributed by atoms with van der Waals surface area (Å²) in [5.74, 6) is 0.892. The van der Waals surface area contributed by atoms with Crippen molar-refractivity contribution in [2.45, 2.75) is 52.6 Å². The molecule has 0 saturated heterocycles. The summed E-state index contributed by atoms with van der Waals surface area (Å²) in [5, 5.41) is 12.0. The van der Waals surface area contributed by atoms with Gasteiger partial charge in [0.2, 0.25) is 0 Å². The molecule has 1 nitrogen and oxygen atoms in total. The Morgan fingerprint density at radius 2 is 1.58 bits per heavy atom. The summed E-state index contributed by atoms with van der Waals surface area (Å²) in [5.41, 5.74) is 0.217. The van der Waals surface area contributed by atoms with Gasteiger partial charge in [-0.25, -0.2) is 0 Å². The van der Waals surface area contributed by atoms with E-state index in [9.17, 15) is 5.11 Å². The second kappa shape index (κ2) is 6.97. The van der Waals surface area contributed by atoms with E-state index in [4.69, 9.17) is 23.2 Å². The molecule has 0 saturated carbocycles. The molecule has 0 radical (unpaired) electrons. The lowest BCUT2D eigenvalue weighted by molar-refractivity contribution is 0.000763. The molecule has 0 aromatic heterocycles. The lowest BCUT2D eigenvalue weighted by Gasteiger charge is -2.32. The van der Waals surface area contributed by atoms with Crippen molar-refractivity contribution in [3.05, 3.63) is 33.8 Å². The fourth-order valence-electron chi connectivity index (χ4n) is 2.79. The summed E-state index contributed by atoms with van der Waals surface area (Å²) < 4.78 is 0. The van der Waals surface area contributed by atoms with Crippen LogP contribution in [0, 0.1) is 11.8 Å². The minimum atomic E-state index is -0.712. The lowest BCUT2D eigenvalue weighted by atomic mass is 9.80. The van der Waals surface area contributed by atoms with E-state index in [0.29, 0.717) is 28.3 Å². The van der Waals surface area contributed by atoms with Crippen molar-refractivity contribution in [1.82, 2.24) is 0 Å². The Morgan fingerprint density at radius 1 is 1.05 bits per heavy atom. The van der Waals surface area contributed by atoms with E-state index in [0.717, 1.165) is 18.4 Å². The maximum atomic E-state index is 10.9. The fourth-order valence-corrected chi connectivity index (χ4v) is 3.17. The van der Waals surface area contributed by atoms with E-state index >= 15 is 0 Å². The molecule has 1 aromatic rings. The zero-order valence-electron chi connectivity index (χ0n) is 12.2. The normalized spacial score (nSPS) is 12.5. The summed E-state index contributed by atoms with van der Waals surface area (Å²) in [7, 11) is 0. The summed E-state index contributed by atoms with van der Waals surface area (Å²) in [6, 6.07) is 5.60.